The highest BCUT2D eigenvalue weighted by Gasteiger charge is 2.31. The van der Waals surface area contributed by atoms with Gasteiger partial charge in [-0.05, 0) is 92.1 Å². The van der Waals surface area contributed by atoms with E-state index < -0.39 is 0 Å². The summed E-state index contributed by atoms with van der Waals surface area (Å²) < 4.78 is 1.82. The number of aromatic nitrogens is 2. The lowest BCUT2D eigenvalue weighted by molar-refractivity contribution is -0.122. The zero-order chi connectivity index (χ0) is 23.2. The van der Waals surface area contributed by atoms with E-state index in [2.05, 4.69) is 47.4 Å². The molecule has 6 rings (SSSR count). The van der Waals surface area contributed by atoms with Gasteiger partial charge in [0.1, 0.15) is 0 Å². The summed E-state index contributed by atoms with van der Waals surface area (Å²) in [6.07, 6.45) is 20.8. The van der Waals surface area contributed by atoms with Crippen molar-refractivity contribution in [2.24, 2.45) is 13.0 Å². The fourth-order valence-electron chi connectivity index (χ4n) is 5.74. The number of rotatable bonds is 3. The fraction of sp³-hybridized carbons (Fsp3) is 0.379. The molecule has 4 heterocycles. The molecule has 1 saturated heterocycles. The second kappa shape index (κ2) is 8.55. The van der Waals surface area contributed by atoms with Crippen LogP contribution in [0.3, 0.4) is 0 Å². The van der Waals surface area contributed by atoms with E-state index in [0.29, 0.717) is 5.92 Å². The smallest absolute Gasteiger partial charge is 0.255 e. The zero-order valence-corrected chi connectivity index (χ0v) is 20.1. The van der Waals surface area contributed by atoms with E-state index in [1.807, 2.05) is 41.0 Å². The van der Waals surface area contributed by atoms with Crippen LogP contribution in [0.15, 0.2) is 77.8 Å². The van der Waals surface area contributed by atoms with Crippen molar-refractivity contribution in [2.75, 3.05) is 13.1 Å². The SMILES string of the molecule is CC1=CC(C2CCN(C3CCC3)CC2)=CN2C(=O)\C=C(c3ccc4nn(C)cc4c3)/C=C/C=C\12. The summed E-state index contributed by atoms with van der Waals surface area (Å²) in [4.78, 5) is 18.0. The Morgan fingerprint density at radius 2 is 1.88 bits per heavy atom. The second-order valence-electron chi connectivity index (χ2n) is 10.1. The molecular weight excluding hydrogens is 420 g/mol. The van der Waals surface area contributed by atoms with Crippen molar-refractivity contribution in [3.8, 4) is 0 Å². The molecule has 1 amide bonds. The average molecular weight is 453 g/mol. The van der Waals surface area contributed by atoms with Crippen molar-refractivity contribution in [1.82, 2.24) is 19.6 Å². The maximum absolute atomic E-state index is 13.5. The number of benzene rings is 1. The van der Waals surface area contributed by atoms with Gasteiger partial charge in [-0.3, -0.25) is 14.4 Å². The lowest BCUT2D eigenvalue weighted by Crippen LogP contribution is -2.45. The standard InChI is InChI=1S/C29H32N4O/c1-20-15-24(21-11-13-32(14-12-21)26-6-4-7-26)19-33-28(20)8-3-5-22(17-29(33)34)23-9-10-27-25(16-23)18-31(2)30-27/h3,5,8-10,15-19,21,26H,4,6-7,11-14H2,1-2H3/b5-3+,22-17+,28-8+. The van der Waals surface area contributed by atoms with Crippen LogP contribution < -0.4 is 0 Å². The van der Waals surface area contributed by atoms with Gasteiger partial charge in [-0.15, -0.1) is 0 Å². The van der Waals surface area contributed by atoms with Gasteiger partial charge < -0.3 is 4.90 Å². The molecule has 1 aliphatic carbocycles. The maximum Gasteiger partial charge on any atom is 0.255 e. The molecule has 0 N–H and O–H groups in total. The first kappa shape index (κ1) is 21.4. The van der Waals surface area contributed by atoms with Gasteiger partial charge in [0.25, 0.3) is 5.91 Å². The highest BCUT2D eigenvalue weighted by molar-refractivity contribution is 6.01. The van der Waals surface area contributed by atoms with E-state index in [4.69, 9.17) is 0 Å². The van der Waals surface area contributed by atoms with Crippen LogP contribution in [0.25, 0.3) is 16.5 Å². The van der Waals surface area contributed by atoms with E-state index in [1.165, 1.54) is 50.8 Å². The summed E-state index contributed by atoms with van der Waals surface area (Å²) in [7, 11) is 1.93. The molecule has 1 aromatic carbocycles. The Labute approximate surface area is 201 Å². The molecule has 5 nitrogen and oxygen atoms in total. The summed E-state index contributed by atoms with van der Waals surface area (Å²) in [5, 5.41) is 5.54. The zero-order valence-electron chi connectivity index (χ0n) is 20.1. The Balaban J connectivity index is 1.27. The van der Waals surface area contributed by atoms with Gasteiger partial charge in [0.2, 0.25) is 0 Å². The molecule has 0 unspecified atom stereocenters. The number of fused-ring (bicyclic) bond motifs is 2. The largest absolute Gasteiger partial charge is 0.300 e. The van der Waals surface area contributed by atoms with Gasteiger partial charge in [-0.2, -0.15) is 5.10 Å². The van der Waals surface area contributed by atoms with E-state index in [-0.39, 0.29) is 5.91 Å². The molecule has 0 bridgehead atoms. The third-order valence-electron chi connectivity index (χ3n) is 7.92. The Morgan fingerprint density at radius 3 is 2.65 bits per heavy atom. The molecule has 5 heteroatoms. The quantitative estimate of drug-likeness (QED) is 0.631. The van der Waals surface area contributed by atoms with E-state index in [9.17, 15) is 4.79 Å². The molecule has 2 aromatic rings. The molecule has 0 atom stereocenters. The number of aryl methyl sites for hydroxylation is 1. The number of allylic oxidation sites excluding steroid dienone is 7. The Hall–Kier alpha value is -3.18. The molecule has 2 fully saturated rings. The molecule has 1 saturated carbocycles. The van der Waals surface area contributed by atoms with Crippen LogP contribution in [-0.4, -0.2) is 44.6 Å². The predicted octanol–water partition coefficient (Wildman–Crippen LogP) is 5.35. The highest BCUT2D eigenvalue weighted by Crippen LogP contribution is 2.36. The number of likely N-dealkylation sites (tertiary alicyclic amines) is 1. The fourth-order valence-corrected chi connectivity index (χ4v) is 5.74. The van der Waals surface area contributed by atoms with E-state index in [0.717, 1.165) is 39.4 Å². The maximum atomic E-state index is 13.5. The van der Waals surface area contributed by atoms with Crippen molar-refractivity contribution >= 4 is 22.4 Å². The number of piperidine rings is 1. The first-order chi connectivity index (χ1) is 16.5. The van der Waals surface area contributed by atoms with Crippen LogP contribution in [0.5, 0.6) is 0 Å². The first-order valence-corrected chi connectivity index (χ1v) is 12.6. The minimum Gasteiger partial charge on any atom is -0.300 e. The molecule has 34 heavy (non-hydrogen) atoms. The summed E-state index contributed by atoms with van der Waals surface area (Å²) in [6, 6.07) is 7.00. The van der Waals surface area contributed by atoms with Crippen molar-refractivity contribution < 1.29 is 4.79 Å². The normalized spacial score (nSPS) is 26.4. The highest BCUT2D eigenvalue weighted by atomic mass is 16.2. The van der Waals surface area contributed by atoms with Crippen molar-refractivity contribution in [3.63, 3.8) is 0 Å². The Kier molecular flexibility index (Phi) is 5.37. The van der Waals surface area contributed by atoms with Crippen LogP contribution in [0, 0.1) is 5.92 Å². The molecule has 0 spiro atoms. The summed E-state index contributed by atoms with van der Waals surface area (Å²) >= 11 is 0. The third-order valence-corrected chi connectivity index (χ3v) is 7.92. The predicted molar refractivity (Wildman–Crippen MR) is 137 cm³/mol. The number of carbonyl (C=O) groups excluding carboxylic acids is 1. The Morgan fingerprint density at radius 1 is 1.06 bits per heavy atom. The monoisotopic (exact) mass is 452 g/mol. The van der Waals surface area contributed by atoms with Crippen LogP contribution in [0.4, 0.5) is 0 Å². The van der Waals surface area contributed by atoms with Crippen molar-refractivity contribution in [2.45, 2.75) is 45.1 Å². The summed E-state index contributed by atoms with van der Waals surface area (Å²) in [6.45, 7) is 4.48. The minimum absolute atomic E-state index is 0.00809. The molecular formula is C29H32N4O. The summed E-state index contributed by atoms with van der Waals surface area (Å²) in [5.41, 5.74) is 6.33. The lowest BCUT2D eigenvalue weighted by Gasteiger charge is -2.42. The van der Waals surface area contributed by atoms with Gasteiger partial charge in [0.15, 0.2) is 0 Å². The number of hydrogen-bond donors (Lipinski definition) is 0. The second-order valence-corrected chi connectivity index (χ2v) is 10.1. The van der Waals surface area contributed by atoms with Crippen LogP contribution in [-0.2, 0) is 11.8 Å². The number of hydrogen-bond acceptors (Lipinski definition) is 3. The van der Waals surface area contributed by atoms with Crippen LogP contribution in [0.1, 0.15) is 44.6 Å². The third kappa shape index (κ3) is 3.88. The van der Waals surface area contributed by atoms with Gasteiger partial charge in [0, 0.05) is 36.9 Å². The van der Waals surface area contributed by atoms with Gasteiger partial charge in [-0.25, -0.2) is 0 Å². The molecule has 3 aliphatic heterocycles. The van der Waals surface area contributed by atoms with Gasteiger partial charge in [-0.1, -0.05) is 30.7 Å². The van der Waals surface area contributed by atoms with Crippen molar-refractivity contribution in [3.05, 3.63) is 83.4 Å². The van der Waals surface area contributed by atoms with Gasteiger partial charge in [0.05, 0.1) is 11.2 Å². The lowest BCUT2D eigenvalue weighted by atomic mass is 9.83. The topological polar surface area (TPSA) is 41.4 Å². The van der Waals surface area contributed by atoms with Crippen LogP contribution >= 0.6 is 0 Å². The molecule has 174 valence electrons. The van der Waals surface area contributed by atoms with Crippen molar-refractivity contribution in [1.29, 1.82) is 0 Å². The number of amides is 1. The van der Waals surface area contributed by atoms with Gasteiger partial charge >= 0.3 is 0 Å². The number of carbonyl (C=O) groups is 1. The average Bonchev–Trinajstić information content (AvgIpc) is 3.16. The minimum atomic E-state index is 0.00809. The molecule has 4 aliphatic rings. The van der Waals surface area contributed by atoms with Crippen LogP contribution in [0.2, 0.25) is 0 Å². The van der Waals surface area contributed by atoms with E-state index in [1.54, 1.807) is 6.08 Å². The first-order valence-electron chi connectivity index (χ1n) is 12.6. The molecule has 1 aromatic heterocycles. The van der Waals surface area contributed by atoms with E-state index >= 15 is 0 Å². The molecule has 0 radical (unpaired) electrons. The number of nitrogens with zero attached hydrogens (tertiary/aromatic N) is 4. The Bertz CT molecular complexity index is 1290. The summed E-state index contributed by atoms with van der Waals surface area (Å²) in [5.74, 6) is 0.534.